The fourth-order valence-electron chi connectivity index (χ4n) is 2.49. The molecule has 1 fully saturated rings. The van der Waals surface area contributed by atoms with Gasteiger partial charge in [-0.3, -0.25) is 4.79 Å². The Morgan fingerprint density at radius 3 is 2.79 bits per heavy atom. The molecule has 1 aromatic carbocycles. The van der Waals surface area contributed by atoms with Gasteiger partial charge in [0.05, 0.1) is 16.6 Å². The lowest BCUT2D eigenvalue weighted by Gasteiger charge is -2.17. The van der Waals surface area contributed by atoms with Crippen LogP contribution in [-0.4, -0.2) is 35.0 Å². The summed E-state index contributed by atoms with van der Waals surface area (Å²) in [6.07, 6.45) is 1.79. The number of rotatable bonds is 3. The average molecular weight is 401 g/mol. The van der Waals surface area contributed by atoms with Gasteiger partial charge in [-0.15, -0.1) is 0 Å². The van der Waals surface area contributed by atoms with Crippen molar-refractivity contribution in [1.82, 2.24) is 9.88 Å². The van der Waals surface area contributed by atoms with Crippen LogP contribution >= 0.6 is 15.9 Å². The summed E-state index contributed by atoms with van der Waals surface area (Å²) < 4.78 is 46.4. The molecule has 0 spiro atoms. The summed E-state index contributed by atoms with van der Waals surface area (Å²) in [6, 6.07) is 5.20. The Morgan fingerprint density at radius 2 is 2.04 bits per heavy atom. The van der Waals surface area contributed by atoms with E-state index in [1.165, 1.54) is 4.90 Å². The molecule has 1 unspecified atom stereocenters. The highest BCUT2D eigenvalue weighted by molar-refractivity contribution is 9.10. The Kier molecular flexibility index (Phi) is 4.75. The van der Waals surface area contributed by atoms with Gasteiger partial charge in [0, 0.05) is 19.2 Å². The molecular formula is C16H12BrF3N2O2. The van der Waals surface area contributed by atoms with Crippen molar-refractivity contribution in [1.29, 1.82) is 0 Å². The van der Waals surface area contributed by atoms with Crippen molar-refractivity contribution < 1.29 is 22.7 Å². The van der Waals surface area contributed by atoms with Crippen LogP contribution in [0.2, 0.25) is 0 Å². The number of carbonyl (C=O) groups excluding carboxylic acids is 1. The monoisotopic (exact) mass is 400 g/mol. The lowest BCUT2D eigenvalue weighted by Crippen LogP contribution is -2.32. The zero-order chi connectivity index (χ0) is 17.3. The molecule has 24 heavy (non-hydrogen) atoms. The number of carbonyl (C=O) groups is 1. The van der Waals surface area contributed by atoms with E-state index in [1.54, 1.807) is 18.3 Å². The molecule has 0 saturated carbocycles. The maximum atomic E-state index is 13.8. The number of hydrogen-bond acceptors (Lipinski definition) is 3. The van der Waals surface area contributed by atoms with Gasteiger partial charge in [-0.2, -0.15) is 0 Å². The van der Waals surface area contributed by atoms with Crippen molar-refractivity contribution >= 4 is 21.8 Å². The standard InChI is InChI=1S/C16H12BrF3N2O2/c17-11-2-1-6-21-15(11)24-9-5-7-22(8-9)16(23)10-3-4-12(18)14(20)13(10)19/h1-4,6,9H,5,7-8H2. The van der Waals surface area contributed by atoms with Gasteiger partial charge < -0.3 is 9.64 Å². The predicted octanol–water partition coefficient (Wildman–Crippen LogP) is 3.55. The molecule has 1 saturated heterocycles. The van der Waals surface area contributed by atoms with E-state index in [0.717, 1.165) is 12.1 Å². The number of hydrogen-bond donors (Lipinski definition) is 0. The molecule has 1 aromatic heterocycles. The summed E-state index contributed by atoms with van der Waals surface area (Å²) in [6.45, 7) is 0.534. The van der Waals surface area contributed by atoms with Gasteiger partial charge in [-0.05, 0) is 40.2 Å². The zero-order valence-corrected chi connectivity index (χ0v) is 13.9. The summed E-state index contributed by atoms with van der Waals surface area (Å²) in [5.74, 6) is -4.75. The number of halogens is 4. The zero-order valence-electron chi connectivity index (χ0n) is 12.3. The average Bonchev–Trinajstić information content (AvgIpc) is 3.03. The van der Waals surface area contributed by atoms with E-state index in [1.807, 2.05) is 0 Å². The van der Waals surface area contributed by atoms with Gasteiger partial charge in [0.15, 0.2) is 17.5 Å². The van der Waals surface area contributed by atoms with E-state index in [2.05, 4.69) is 20.9 Å². The molecule has 8 heteroatoms. The number of aromatic nitrogens is 1. The van der Waals surface area contributed by atoms with E-state index in [0.29, 0.717) is 23.3 Å². The van der Waals surface area contributed by atoms with E-state index >= 15 is 0 Å². The summed E-state index contributed by atoms with van der Waals surface area (Å²) in [4.78, 5) is 17.7. The van der Waals surface area contributed by atoms with Crippen molar-refractivity contribution in [3.8, 4) is 5.88 Å². The molecule has 0 bridgehead atoms. The Balaban J connectivity index is 1.71. The SMILES string of the molecule is O=C(c1ccc(F)c(F)c1F)N1CCC(Oc2ncccc2Br)C1. The molecule has 2 heterocycles. The smallest absolute Gasteiger partial charge is 0.257 e. The van der Waals surface area contributed by atoms with E-state index in [-0.39, 0.29) is 12.6 Å². The van der Waals surface area contributed by atoms with Crippen molar-refractivity contribution in [3.05, 3.63) is 58.0 Å². The number of nitrogens with zero attached hydrogens (tertiary/aromatic N) is 2. The third kappa shape index (κ3) is 3.24. The largest absolute Gasteiger partial charge is 0.472 e. The van der Waals surface area contributed by atoms with E-state index in [4.69, 9.17) is 4.74 Å². The van der Waals surface area contributed by atoms with Crippen LogP contribution in [-0.2, 0) is 0 Å². The van der Waals surface area contributed by atoms with Gasteiger partial charge in [-0.1, -0.05) is 0 Å². The van der Waals surface area contributed by atoms with Crippen molar-refractivity contribution in [3.63, 3.8) is 0 Å². The van der Waals surface area contributed by atoms with Gasteiger partial charge in [-0.25, -0.2) is 18.2 Å². The molecular weight excluding hydrogens is 389 g/mol. The van der Waals surface area contributed by atoms with Crippen molar-refractivity contribution in [2.75, 3.05) is 13.1 Å². The van der Waals surface area contributed by atoms with E-state index < -0.39 is 28.9 Å². The molecule has 0 aliphatic carbocycles. The number of pyridine rings is 1. The van der Waals surface area contributed by atoms with Crippen molar-refractivity contribution in [2.24, 2.45) is 0 Å². The lowest BCUT2D eigenvalue weighted by molar-refractivity contribution is 0.0765. The van der Waals surface area contributed by atoms with Gasteiger partial charge in [0.1, 0.15) is 6.10 Å². The number of likely N-dealkylation sites (tertiary alicyclic amines) is 1. The Hall–Kier alpha value is -2.09. The van der Waals surface area contributed by atoms with Crippen LogP contribution in [0.5, 0.6) is 5.88 Å². The first-order valence-corrected chi connectivity index (χ1v) is 7.96. The molecule has 4 nitrogen and oxygen atoms in total. The fraction of sp³-hybridized carbons (Fsp3) is 0.250. The molecule has 1 aliphatic heterocycles. The summed E-state index contributed by atoms with van der Waals surface area (Å²) >= 11 is 3.31. The minimum Gasteiger partial charge on any atom is -0.472 e. The lowest BCUT2D eigenvalue weighted by atomic mass is 10.1. The van der Waals surface area contributed by atoms with Crippen LogP contribution in [0, 0.1) is 17.5 Å². The maximum Gasteiger partial charge on any atom is 0.257 e. The fourth-order valence-corrected chi connectivity index (χ4v) is 2.83. The third-order valence-corrected chi connectivity index (χ3v) is 4.30. The van der Waals surface area contributed by atoms with Crippen LogP contribution in [0.25, 0.3) is 0 Å². The highest BCUT2D eigenvalue weighted by atomic mass is 79.9. The quantitative estimate of drug-likeness (QED) is 0.739. The minimum absolute atomic E-state index is 0.209. The minimum atomic E-state index is -1.65. The summed E-state index contributed by atoms with van der Waals surface area (Å²) in [7, 11) is 0. The Bertz CT molecular complexity index is 788. The molecule has 3 rings (SSSR count). The molecule has 1 amide bonds. The van der Waals surface area contributed by atoms with Gasteiger partial charge in [0.25, 0.3) is 5.91 Å². The van der Waals surface area contributed by atoms with Gasteiger partial charge in [0.2, 0.25) is 5.88 Å². The molecule has 0 N–H and O–H groups in total. The first-order chi connectivity index (χ1) is 11.5. The summed E-state index contributed by atoms with van der Waals surface area (Å²) in [5, 5.41) is 0. The van der Waals surface area contributed by atoms with Crippen molar-refractivity contribution in [2.45, 2.75) is 12.5 Å². The second kappa shape index (κ2) is 6.80. The second-order valence-corrected chi connectivity index (χ2v) is 6.15. The molecule has 2 aromatic rings. The van der Waals surface area contributed by atoms with Crippen LogP contribution in [0.1, 0.15) is 16.8 Å². The van der Waals surface area contributed by atoms with Crippen LogP contribution in [0.15, 0.2) is 34.9 Å². The second-order valence-electron chi connectivity index (χ2n) is 5.29. The molecule has 126 valence electrons. The summed E-state index contributed by atoms with van der Waals surface area (Å²) in [5.41, 5.74) is -0.492. The maximum absolute atomic E-state index is 13.8. The number of amides is 1. The first-order valence-electron chi connectivity index (χ1n) is 7.17. The Labute approximate surface area is 144 Å². The molecule has 1 aliphatic rings. The van der Waals surface area contributed by atoms with E-state index in [9.17, 15) is 18.0 Å². The number of benzene rings is 1. The normalized spacial score (nSPS) is 17.2. The highest BCUT2D eigenvalue weighted by Gasteiger charge is 2.31. The number of ether oxygens (including phenoxy) is 1. The van der Waals surface area contributed by atoms with Crippen LogP contribution < -0.4 is 4.74 Å². The predicted molar refractivity (Wildman–Crippen MR) is 83.2 cm³/mol. The first kappa shape index (κ1) is 16.8. The molecule has 0 radical (unpaired) electrons. The van der Waals surface area contributed by atoms with Crippen LogP contribution in [0.3, 0.4) is 0 Å². The Morgan fingerprint density at radius 1 is 1.25 bits per heavy atom. The van der Waals surface area contributed by atoms with Gasteiger partial charge >= 0.3 is 0 Å². The van der Waals surface area contributed by atoms with Crippen LogP contribution in [0.4, 0.5) is 13.2 Å². The third-order valence-electron chi connectivity index (χ3n) is 3.70. The topological polar surface area (TPSA) is 42.4 Å². The highest BCUT2D eigenvalue weighted by Crippen LogP contribution is 2.25. The molecule has 1 atom stereocenters.